The van der Waals surface area contributed by atoms with Crippen LogP contribution in [0.3, 0.4) is 0 Å². The molecule has 2 aromatic carbocycles. The van der Waals surface area contributed by atoms with Crippen molar-refractivity contribution in [3.8, 4) is 0 Å². The summed E-state index contributed by atoms with van der Waals surface area (Å²) in [6, 6.07) is 23.4. The molecule has 1 heterocycles. The van der Waals surface area contributed by atoms with Gasteiger partial charge < -0.3 is 4.90 Å². The molecule has 1 N–H and O–H groups in total. The third-order valence-electron chi connectivity index (χ3n) is 5.39. The maximum absolute atomic E-state index is 4.86. The molecule has 0 aliphatic heterocycles. The Bertz CT molecular complexity index is 976. The van der Waals surface area contributed by atoms with Gasteiger partial charge in [0.15, 0.2) is 0 Å². The number of pyridine rings is 1. The zero-order valence-electron chi connectivity index (χ0n) is 21.7. The van der Waals surface area contributed by atoms with Crippen molar-refractivity contribution >= 4 is 17.7 Å². The number of benzene rings is 2. The largest absolute Gasteiger partial charge is 0.371 e. The predicted octanol–water partition coefficient (Wildman–Crippen LogP) is 7.66. The van der Waals surface area contributed by atoms with Gasteiger partial charge in [0.05, 0.1) is 6.21 Å². The molecule has 4 heteroatoms. The lowest BCUT2D eigenvalue weighted by Gasteiger charge is -2.24. The highest BCUT2D eigenvalue weighted by Gasteiger charge is 2.09. The van der Waals surface area contributed by atoms with E-state index in [0.717, 1.165) is 62.3 Å². The standard InChI is InChI=1S/C28H36N4.C2H6/c1-4-17-32(18-5-2)27-20-26(16-10-14-24-12-7-6-8-13-24)30-28(21-27)31-29-22-25-15-9-11-23(3)19-25;1-2/h6-9,11-13,15,19-22H,4-5,10,14,16-18H2,1-3H3,(H,30,31);1-2H3/b29-22+;. The van der Waals surface area contributed by atoms with Crippen LogP contribution in [-0.2, 0) is 12.8 Å². The smallest absolute Gasteiger partial charge is 0.148 e. The van der Waals surface area contributed by atoms with E-state index in [2.05, 4.69) is 96.9 Å². The monoisotopic (exact) mass is 458 g/mol. The van der Waals surface area contributed by atoms with E-state index in [1.165, 1.54) is 16.8 Å². The number of hydrazone groups is 1. The van der Waals surface area contributed by atoms with E-state index in [0.29, 0.717) is 0 Å². The van der Waals surface area contributed by atoms with Gasteiger partial charge in [0.25, 0.3) is 0 Å². The quantitative estimate of drug-likeness (QED) is 0.224. The van der Waals surface area contributed by atoms with Gasteiger partial charge in [-0.2, -0.15) is 5.10 Å². The molecule has 0 fully saturated rings. The van der Waals surface area contributed by atoms with Crippen molar-refractivity contribution in [3.63, 3.8) is 0 Å². The highest BCUT2D eigenvalue weighted by Crippen LogP contribution is 2.22. The summed E-state index contributed by atoms with van der Waals surface area (Å²) in [6.07, 6.45) is 7.19. The Morgan fingerprint density at radius 1 is 0.882 bits per heavy atom. The lowest BCUT2D eigenvalue weighted by atomic mass is 10.1. The molecule has 0 unspecified atom stereocenters. The van der Waals surface area contributed by atoms with E-state index in [4.69, 9.17) is 4.98 Å². The van der Waals surface area contributed by atoms with Crippen LogP contribution in [-0.4, -0.2) is 24.3 Å². The molecule has 0 aliphatic rings. The van der Waals surface area contributed by atoms with E-state index < -0.39 is 0 Å². The topological polar surface area (TPSA) is 40.5 Å². The number of hydrogen-bond acceptors (Lipinski definition) is 4. The SMILES string of the molecule is CC.CCCN(CCC)c1cc(CCCc2ccccc2)nc(N/N=C/c2cccc(C)c2)c1. The van der Waals surface area contributed by atoms with Crippen LogP contribution >= 0.6 is 0 Å². The van der Waals surface area contributed by atoms with Crippen molar-refractivity contribution < 1.29 is 0 Å². The molecular weight excluding hydrogens is 416 g/mol. The van der Waals surface area contributed by atoms with Gasteiger partial charge in [0.2, 0.25) is 0 Å². The number of nitrogens with zero attached hydrogens (tertiary/aromatic N) is 3. The van der Waals surface area contributed by atoms with Gasteiger partial charge in [0.1, 0.15) is 5.82 Å². The van der Waals surface area contributed by atoms with Gasteiger partial charge in [-0.3, -0.25) is 5.43 Å². The van der Waals surface area contributed by atoms with Gasteiger partial charge >= 0.3 is 0 Å². The minimum absolute atomic E-state index is 0.804. The third-order valence-corrected chi connectivity index (χ3v) is 5.39. The van der Waals surface area contributed by atoms with E-state index in [9.17, 15) is 0 Å². The summed E-state index contributed by atoms with van der Waals surface area (Å²) in [5.74, 6) is 0.804. The van der Waals surface area contributed by atoms with Gasteiger partial charge in [-0.15, -0.1) is 0 Å². The summed E-state index contributed by atoms with van der Waals surface area (Å²) in [6.45, 7) is 12.7. The molecule has 4 nitrogen and oxygen atoms in total. The molecule has 0 atom stereocenters. The number of anilines is 2. The second-order valence-electron chi connectivity index (χ2n) is 8.31. The number of aromatic nitrogens is 1. The first-order valence-electron chi connectivity index (χ1n) is 12.8. The van der Waals surface area contributed by atoms with Gasteiger partial charge in [-0.25, -0.2) is 4.98 Å². The fourth-order valence-electron chi connectivity index (χ4n) is 3.89. The molecule has 0 saturated carbocycles. The van der Waals surface area contributed by atoms with Crippen LogP contribution in [0.2, 0.25) is 0 Å². The Hall–Kier alpha value is -3.14. The van der Waals surface area contributed by atoms with Gasteiger partial charge in [-0.1, -0.05) is 87.9 Å². The van der Waals surface area contributed by atoms with E-state index in [1.54, 1.807) is 0 Å². The van der Waals surface area contributed by atoms with Crippen LogP contribution in [0.15, 0.2) is 71.8 Å². The zero-order valence-corrected chi connectivity index (χ0v) is 21.7. The Kier molecular flexibility index (Phi) is 12.5. The fourth-order valence-corrected chi connectivity index (χ4v) is 3.89. The Labute approximate surface area is 207 Å². The molecule has 0 saturated heterocycles. The number of hydrogen-bond donors (Lipinski definition) is 1. The summed E-state index contributed by atoms with van der Waals surface area (Å²) >= 11 is 0. The molecular formula is C30H42N4. The first-order valence-corrected chi connectivity index (χ1v) is 12.8. The van der Waals surface area contributed by atoms with Crippen LogP contribution in [0.25, 0.3) is 0 Å². The van der Waals surface area contributed by atoms with E-state index in [-0.39, 0.29) is 0 Å². The zero-order chi connectivity index (χ0) is 24.6. The molecule has 0 bridgehead atoms. The highest BCUT2D eigenvalue weighted by molar-refractivity contribution is 5.80. The third kappa shape index (κ3) is 9.38. The minimum Gasteiger partial charge on any atom is -0.371 e. The minimum atomic E-state index is 0.804. The predicted molar refractivity (Wildman–Crippen MR) is 149 cm³/mol. The van der Waals surface area contributed by atoms with Crippen LogP contribution in [0.5, 0.6) is 0 Å². The Morgan fingerprint density at radius 2 is 1.62 bits per heavy atom. The van der Waals surface area contributed by atoms with Crippen molar-refractivity contribution in [2.24, 2.45) is 5.10 Å². The normalized spacial score (nSPS) is 10.6. The Balaban J connectivity index is 0.00000199. The second kappa shape index (κ2) is 15.7. The molecule has 0 radical (unpaired) electrons. The van der Waals surface area contributed by atoms with Crippen molar-refractivity contribution in [3.05, 3.63) is 89.1 Å². The summed E-state index contributed by atoms with van der Waals surface area (Å²) in [4.78, 5) is 7.32. The van der Waals surface area contributed by atoms with Crippen LogP contribution < -0.4 is 10.3 Å². The lowest BCUT2D eigenvalue weighted by molar-refractivity contribution is 0.740. The van der Waals surface area contributed by atoms with Crippen molar-refractivity contribution in [2.75, 3.05) is 23.4 Å². The first-order chi connectivity index (χ1) is 16.7. The molecule has 1 aromatic heterocycles. The van der Waals surface area contributed by atoms with Crippen molar-refractivity contribution in [1.29, 1.82) is 0 Å². The summed E-state index contributed by atoms with van der Waals surface area (Å²) in [7, 11) is 0. The van der Waals surface area contributed by atoms with Gasteiger partial charge in [-0.05, 0) is 56.2 Å². The number of rotatable bonds is 12. The molecule has 182 valence electrons. The number of nitrogens with one attached hydrogen (secondary N) is 1. The fraction of sp³-hybridized carbons (Fsp3) is 0.400. The summed E-state index contributed by atoms with van der Waals surface area (Å²) in [5.41, 5.74) is 9.20. The second-order valence-corrected chi connectivity index (χ2v) is 8.31. The highest BCUT2D eigenvalue weighted by atomic mass is 15.3. The Morgan fingerprint density at radius 3 is 2.29 bits per heavy atom. The molecule has 3 aromatic rings. The van der Waals surface area contributed by atoms with Crippen LogP contribution in [0, 0.1) is 6.92 Å². The van der Waals surface area contributed by atoms with E-state index >= 15 is 0 Å². The van der Waals surface area contributed by atoms with Crippen molar-refractivity contribution in [2.45, 2.75) is 66.7 Å². The molecule has 0 amide bonds. The number of aryl methyl sites for hydroxylation is 3. The lowest BCUT2D eigenvalue weighted by Crippen LogP contribution is -2.25. The van der Waals surface area contributed by atoms with Crippen LogP contribution in [0.1, 0.15) is 69.3 Å². The maximum Gasteiger partial charge on any atom is 0.148 e. The maximum atomic E-state index is 4.86. The molecule has 3 rings (SSSR count). The molecule has 0 aliphatic carbocycles. The summed E-state index contributed by atoms with van der Waals surface area (Å²) in [5, 5.41) is 4.46. The molecule has 34 heavy (non-hydrogen) atoms. The van der Waals surface area contributed by atoms with E-state index in [1.807, 2.05) is 26.1 Å². The molecule has 0 spiro atoms. The van der Waals surface area contributed by atoms with Crippen molar-refractivity contribution in [1.82, 2.24) is 4.98 Å². The van der Waals surface area contributed by atoms with Crippen LogP contribution in [0.4, 0.5) is 11.5 Å². The average Bonchev–Trinajstić information content (AvgIpc) is 2.86. The van der Waals surface area contributed by atoms with Gasteiger partial charge in [0, 0.05) is 30.5 Å². The first kappa shape index (κ1) is 27.1. The average molecular weight is 459 g/mol. The summed E-state index contributed by atoms with van der Waals surface area (Å²) < 4.78 is 0.